The van der Waals surface area contributed by atoms with Crippen molar-refractivity contribution in [3.63, 3.8) is 0 Å². The van der Waals surface area contributed by atoms with Crippen LogP contribution >= 0.6 is 0 Å². The molecule has 1 aliphatic rings. The topological polar surface area (TPSA) is 39.9 Å². The van der Waals surface area contributed by atoms with E-state index in [2.05, 4.69) is 21.7 Å². The first-order chi connectivity index (χ1) is 8.79. The van der Waals surface area contributed by atoms with Gasteiger partial charge in [0.15, 0.2) is 5.82 Å². The first kappa shape index (κ1) is 11.3. The van der Waals surface area contributed by atoms with Crippen LogP contribution in [0, 0.1) is 5.92 Å². The fourth-order valence-electron chi connectivity index (χ4n) is 2.51. The highest BCUT2D eigenvalue weighted by atomic mass is 16.5. The van der Waals surface area contributed by atoms with Crippen molar-refractivity contribution in [1.29, 1.82) is 0 Å². The Bertz CT molecular complexity index is 562. The lowest BCUT2D eigenvalue weighted by Gasteiger charge is -2.20. The van der Waals surface area contributed by atoms with E-state index in [1.54, 1.807) is 7.11 Å². The number of ether oxygens (including phenoxy) is 1. The van der Waals surface area contributed by atoms with Gasteiger partial charge in [-0.05, 0) is 24.5 Å². The predicted octanol–water partition coefficient (Wildman–Crippen LogP) is 2.54. The molecule has 1 unspecified atom stereocenters. The zero-order valence-electron chi connectivity index (χ0n) is 10.8. The standard InChI is InChI=1S/C14H17N3O/c1-10-7-8-17-13(9-10)15-16-14(17)11-5-3-4-6-12(11)18-2/h3-6,10H,7-9H2,1-2H3. The Balaban J connectivity index is 2.08. The molecule has 0 amide bonds. The monoisotopic (exact) mass is 243 g/mol. The first-order valence-electron chi connectivity index (χ1n) is 6.35. The third kappa shape index (κ3) is 1.78. The van der Waals surface area contributed by atoms with E-state index in [9.17, 15) is 0 Å². The Morgan fingerprint density at radius 3 is 2.94 bits per heavy atom. The van der Waals surface area contributed by atoms with E-state index in [-0.39, 0.29) is 0 Å². The minimum absolute atomic E-state index is 0.701. The maximum Gasteiger partial charge on any atom is 0.167 e. The number of fused-ring (bicyclic) bond motifs is 1. The van der Waals surface area contributed by atoms with E-state index < -0.39 is 0 Å². The Kier molecular flexibility index (Phi) is 2.78. The summed E-state index contributed by atoms with van der Waals surface area (Å²) < 4.78 is 7.62. The molecule has 0 saturated heterocycles. The number of methoxy groups -OCH3 is 1. The zero-order valence-corrected chi connectivity index (χ0v) is 10.8. The van der Waals surface area contributed by atoms with Crippen LogP contribution < -0.4 is 4.74 Å². The lowest BCUT2D eigenvalue weighted by atomic mass is 10.00. The summed E-state index contributed by atoms with van der Waals surface area (Å²) in [7, 11) is 1.69. The number of nitrogens with zero attached hydrogens (tertiary/aromatic N) is 3. The SMILES string of the molecule is COc1ccccc1-c1nnc2n1CCC(C)C2. The van der Waals surface area contributed by atoms with Gasteiger partial charge in [0.25, 0.3) is 0 Å². The summed E-state index contributed by atoms with van der Waals surface area (Å²) in [6.45, 7) is 3.26. The summed E-state index contributed by atoms with van der Waals surface area (Å²) in [4.78, 5) is 0. The fraction of sp³-hybridized carbons (Fsp3) is 0.429. The number of hydrogen-bond acceptors (Lipinski definition) is 3. The third-order valence-corrected chi connectivity index (χ3v) is 3.55. The molecule has 18 heavy (non-hydrogen) atoms. The van der Waals surface area contributed by atoms with Gasteiger partial charge in [0.05, 0.1) is 12.7 Å². The smallest absolute Gasteiger partial charge is 0.167 e. The number of benzene rings is 1. The van der Waals surface area contributed by atoms with Crippen LogP contribution in [0.15, 0.2) is 24.3 Å². The molecule has 0 fully saturated rings. The Labute approximate surface area is 107 Å². The van der Waals surface area contributed by atoms with Crippen molar-refractivity contribution in [3.05, 3.63) is 30.1 Å². The second-order valence-corrected chi connectivity index (χ2v) is 4.89. The molecule has 0 N–H and O–H groups in total. The van der Waals surface area contributed by atoms with Crippen LogP contribution in [0.3, 0.4) is 0 Å². The average Bonchev–Trinajstić information content (AvgIpc) is 2.81. The Hall–Kier alpha value is -1.84. The molecule has 2 aromatic rings. The molecule has 2 heterocycles. The molecule has 4 nitrogen and oxygen atoms in total. The lowest BCUT2D eigenvalue weighted by Crippen LogP contribution is -2.18. The van der Waals surface area contributed by atoms with E-state index in [0.717, 1.165) is 35.9 Å². The molecule has 1 atom stereocenters. The summed E-state index contributed by atoms with van der Waals surface area (Å²) in [5, 5.41) is 8.66. The summed E-state index contributed by atoms with van der Waals surface area (Å²) in [6, 6.07) is 7.97. The normalized spacial score (nSPS) is 18.4. The molecule has 94 valence electrons. The zero-order chi connectivity index (χ0) is 12.5. The molecule has 0 saturated carbocycles. The van der Waals surface area contributed by atoms with Gasteiger partial charge in [-0.3, -0.25) is 0 Å². The Morgan fingerprint density at radius 1 is 1.28 bits per heavy atom. The van der Waals surface area contributed by atoms with Crippen molar-refractivity contribution in [3.8, 4) is 17.1 Å². The largest absolute Gasteiger partial charge is 0.496 e. The highest BCUT2D eigenvalue weighted by molar-refractivity contribution is 5.64. The van der Waals surface area contributed by atoms with Gasteiger partial charge in [0.2, 0.25) is 0 Å². The van der Waals surface area contributed by atoms with E-state index in [1.807, 2.05) is 24.3 Å². The minimum atomic E-state index is 0.701. The molecule has 1 aliphatic heterocycles. The van der Waals surface area contributed by atoms with Gasteiger partial charge in [0.1, 0.15) is 11.6 Å². The van der Waals surface area contributed by atoms with Crippen molar-refractivity contribution in [1.82, 2.24) is 14.8 Å². The van der Waals surface area contributed by atoms with Crippen LogP contribution in [-0.4, -0.2) is 21.9 Å². The maximum atomic E-state index is 5.40. The second-order valence-electron chi connectivity index (χ2n) is 4.89. The molecule has 0 radical (unpaired) electrons. The molecule has 1 aromatic carbocycles. The molecular weight excluding hydrogens is 226 g/mol. The van der Waals surface area contributed by atoms with Crippen molar-refractivity contribution in [2.45, 2.75) is 26.3 Å². The summed E-state index contributed by atoms with van der Waals surface area (Å²) in [5.41, 5.74) is 1.02. The van der Waals surface area contributed by atoms with Crippen molar-refractivity contribution in [2.75, 3.05) is 7.11 Å². The van der Waals surface area contributed by atoms with E-state index >= 15 is 0 Å². The summed E-state index contributed by atoms with van der Waals surface area (Å²) in [6.07, 6.45) is 2.20. The number of rotatable bonds is 2. The van der Waals surface area contributed by atoms with Crippen LogP contribution in [0.1, 0.15) is 19.2 Å². The average molecular weight is 243 g/mol. The number of aromatic nitrogens is 3. The van der Waals surface area contributed by atoms with Gasteiger partial charge in [-0.15, -0.1) is 10.2 Å². The van der Waals surface area contributed by atoms with Gasteiger partial charge < -0.3 is 9.30 Å². The van der Waals surface area contributed by atoms with Crippen LogP contribution in [0.4, 0.5) is 0 Å². The lowest BCUT2D eigenvalue weighted by molar-refractivity contribution is 0.407. The molecule has 0 spiro atoms. The third-order valence-electron chi connectivity index (χ3n) is 3.55. The van der Waals surface area contributed by atoms with Crippen LogP contribution in [0.25, 0.3) is 11.4 Å². The van der Waals surface area contributed by atoms with E-state index in [0.29, 0.717) is 5.92 Å². The molecule has 4 heteroatoms. The number of hydrogen-bond donors (Lipinski definition) is 0. The van der Waals surface area contributed by atoms with Gasteiger partial charge in [0, 0.05) is 13.0 Å². The van der Waals surface area contributed by atoms with Crippen molar-refractivity contribution < 1.29 is 4.74 Å². The summed E-state index contributed by atoms with van der Waals surface area (Å²) in [5.74, 6) is 3.57. The molecule has 0 aliphatic carbocycles. The maximum absolute atomic E-state index is 5.40. The quantitative estimate of drug-likeness (QED) is 0.813. The number of para-hydroxylation sites is 1. The van der Waals surface area contributed by atoms with Crippen LogP contribution in [0.2, 0.25) is 0 Å². The molecule has 0 bridgehead atoms. The van der Waals surface area contributed by atoms with Gasteiger partial charge in [-0.2, -0.15) is 0 Å². The van der Waals surface area contributed by atoms with Gasteiger partial charge in [-0.1, -0.05) is 19.1 Å². The second kappa shape index (κ2) is 4.44. The highest BCUT2D eigenvalue weighted by Gasteiger charge is 2.22. The Morgan fingerprint density at radius 2 is 2.11 bits per heavy atom. The minimum Gasteiger partial charge on any atom is -0.496 e. The van der Waals surface area contributed by atoms with Crippen LogP contribution in [0.5, 0.6) is 5.75 Å². The van der Waals surface area contributed by atoms with Crippen molar-refractivity contribution in [2.24, 2.45) is 5.92 Å². The van der Waals surface area contributed by atoms with E-state index in [1.165, 1.54) is 6.42 Å². The van der Waals surface area contributed by atoms with Gasteiger partial charge >= 0.3 is 0 Å². The molecule has 1 aromatic heterocycles. The summed E-state index contributed by atoms with van der Waals surface area (Å²) >= 11 is 0. The van der Waals surface area contributed by atoms with Crippen molar-refractivity contribution >= 4 is 0 Å². The molecular formula is C14H17N3O. The predicted molar refractivity (Wildman–Crippen MR) is 69.5 cm³/mol. The fourth-order valence-corrected chi connectivity index (χ4v) is 2.51. The first-order valence-corrected chi connectivity index (χ1v) is 6.35. The van der Waals surface area contributed by atoms with Crippen LogP contribution in [-0.2, 0) is 13.0 Å². The van der Waals surface area contributed by atoms with Gasteiger partial charge in [-0.25, -0.2) is 0 Å². The van der Waals surface area contributed by atoms with E-state index in [4.69, 9.17) is 4.74 Å². The molecule has 3 rings (SSSR count). The highest BCUT2D eigenvalue weighted by Crippen LogP contribution is 2.31.